The molecule has 1 aliphatic rings. The Morgan fingerprint density at radius 1 is 1.39 bits per heavy atom. The van der Waals surface area contributed by atoms with E-state index in [0.29, 0.717) is 12.3 Å². The average molecular weight is 326 g/mol. The molecule has 5 nitrogen and oxygen atoms in total. The molecule has 0 saturated heterocycles. The molecule has 0 unspecified atom stereocenters. The molecule has 0 atom stereocenters. The largest absolute Gasteiger partial charge is 0.349 e. The second kappa shape index (κ2) is 5.77. The van der Waals surface area contributed by atoms with Crippen molar-refractivity contribution in [1.82, 2.24) is 19.4 Å². The van der Waals surface area contributed by atoms with Crippen molar-refractivity contribution in [2.75, 3.05) is 12.3 Å². The van der Waals surface area contributed by atoms with Crippen molar-refractivity contribution in [2.24, 2.45) is 7.05 Å². The maximum absolute atomic E-state index is 12.5. The predicted octanol–water partition coefficient (Wildman–Crippen LogP) is 2.58. The van der Waals surface area contributed by atoms with Gasteiger partial charge in [-0.3, -0.25) is 4.79 Å². The third kappa shape index (κ3) is 2.63. The molecule has 3 heterocycles. The number of aromatic nitrogens is 3. The molecule has 0 bridgehead atoms. The Hall–Kier alpha value is -2.21. The zero-order valence-corrected chi connectivity index (χ0v) is 13.8. The van der Waals surface area contributed by atoms with Crippen LogP contribution >= 0.6 is 11.8 Å². The van der Waals surface area contributed by atoms with Gasteiger partial charge in [0, 0.05) is 42.0 Å². The molecule has 3 aromatic rings. The summed E-state index contributed by atoms with van der Waals surface area (Å²) < 4.78 is 2.11. The highest BCUT2D eigenvalue weighted by Crippen LogP contribution is 2.29. The van der Waals surface area contributed by atoms with Gasteiger partial charge in [0.15, 0.2) is 0 Å². The zero-order valence-electron chi connectivity index (χ0n) is 13.0. The summed E-state index contributed by atoms with van der Waals surface area (Å²) in [7, 11) is 2.04. The topological polar surface area (TPSA) is 53.9 Å². The lowest BCUT2D eigenvalue weighted by atomic mass is 10.1. The van der Waals surface area contributed by atoms with Gasteiger partial charge in [0.1, 0.15) is 0 Å². The minimum atomic E-state index is 0.184. The number of para-hydroxylation sites is 1. The monoisotopic (exact) mass is 326 g/mol. The maximum Gasteiger partial charge on any atom is 0.233 e. The number of imidazole rings is 1. The van der Waals surface area contributed by atoms with E-state index in [1.165, 1.54) is 10.9 Å². The fraction of sp³-hybridized carbons (Fsp3) is 0.294. The van der Waals surface area contributed by atoms with Crippen LogP contribution in [-0.2, 0) is 24.8 Å². The van der Waals surface area contributed by atoms with Gasteiger partial charge >= 0.3 is 0 Å². The third-order valence-electron chi connectivity index (χ3n) is 4.34. The summed E-state index contributed by atoms with van der Waals surface area (Å²) in [5, 5.41) is 1.21. The number of aryl methyl sites for hydroxylation is 1. The minimum Gasteiger partial charge on any atom is -0.349 e. The van der Waals surface area contributed by atoms with Crippen LogP contribution in [0.3, 0.4) is 0 Å². The Labute approximate surface area is 138 Å². The molecule has 2 aromatic heterocycles. The Balaban J connectivity index is 1.45. The number of hydrogen-bond donors (Lipinski definition) is 1. The molecular weight excluding hydrogens is 308 g/mol. The summed E-state index contributed by atoms with van der Waals surface area (Å²) in [6, 6.07) is 8.29. The maximum atomic E-state index is 12.5. The molecule has 6 heteroatoms. The second-order valence-corrected chi connectivity index (χ2v) is 6.82. The molecule has 0 radical (unpaired) electrons. The van der Waals surface area contributed by atoms with Crippen LogP contribution in [0.1, 0.15) is 11.4 Å². The van der Waals surface area contributed by atoms with E-state index in [9.17, 15) is 4.79 Å². The Bertz CT molecular complexity index is 866. The van der Waals surface area contributed by atoms with Gasteiger partial charge in [0.05, 0.1) is 30.0 Å². The molecule has 0 spiro atoms. The van der Waals surface area contributed by atoms with E-state index in [-0.39, 0.29) is 5.91 Å². The standard InChI is InChI=1S/C17H18N4OS/c1-20-9-16(12-4-2-3-5-15(12)20)23-10-17(22)21-7-6-13-14(8-21)19-11-18-13/h2-5,9,11H,6-8,10H2,1H3,(H,18,19). The van der Waals surface area contributed by atoms with Gasteiger partial charge in [-0.1, -0.05) is 18.2 Å². The van der Waals surface area contributed by atoms with Crippen molar-refractivity contribution < 1.29 is 4.79 Å². The Morgan fingerprint density at radius 2 is 2.26 bits per heavy atom. The summed E-state index contributed by atoms with van der Waals surface area (Å²) in [5.74, 6) is 0.653. The number of aromatic amines is 1. The molecule has 0 aliphatic carbocycles. The van der Waals surface area contributed by atoms with Crippen molar-refractivity contribution in [2.45, 2.75) is 17.9 Å². The molecule has 1 aliphatic heterocycles. The van der Waals surface area contributed by atoms with E-state index in [1.54, 1.807) is 18.1 Å². The molecule has 4 rings (SSSR count). The number of amides is 1. The van der Waals surface area contributed by atoms with Gasteiger partial charge < -0.3 is 14.5 Å². The first-order valence-electron chi connectivity index (χ1n) is 7.68. The first kappa shape index (κ1) is 14.4. The highest BCUT2D eigenvalue weighted by atomic mass is 32.2. The number of nitrogens with zero attached hydrogens (tertiary/aromatic N) is 3. The van der Waals surface area contributed by atoms with Crippen molar-refractivity contribution in [3.05, 3.63) is 48.2 Å². The highest BCUT2D eigenvalue weighted by molar-refractivity contribution is 8.00. The predicted molar refractivity (Wildman–Crippen MR) is 91.4 cm³/mol. The van der Waals surface area contributed by atoms with Crippen molar-refractivity contribution in [1.29, 1.82) is 0 Å². The van der Waals surface area contributed by atoms with Crippen LogP contribution in [0.5, 0.6) is 0 Å². The number of thioether (sulfide) groups is 1. The Morgan fingerprint density at radius 3 is 3.17 bits per heavy atom. The minimum absolute atomic E-state index is 0.184. The molecule has 1 amide bonds. The lowest BCUT2D eigenvalue weighted by molar-refractivity contribution is -0.129. The summed E-state index contributed by atoms with van der Waals surface area (Å²) in [4.78, 5) is 23.0. The van der Waals surface area contributed by atoms with Crippen LogP contribution in [0.2, 0.25) is 0 Å². The van der Waals surface area contributed by atoms with E-state index < -0.39 is 0 Å². The van der Waals surface area contributed by atoms with Gasteiger partial charge in [-0.25, -0.2) is 4.98 Å². The van der Waals surface area contributed by atoms with Gasteiger partial charge in [-0.2, -0.15) is 0 Å². The van der Waals surface area contributed by atoms with Crippen LogP contribution in [-0.4, -0.2) is 37.6 Å². The number of hydrogen-bond acceptors (Lipinski definition) is 3. The molecule has 0 saturated carbocycles. The van der Waals surface area contributed by atoms with E-state index in [2.05, 4.69) is 32.9 Å². The van der Waals surface area contributed by atoms with Crippen LogP contribution in [0.15, 0.2) is 41.7 Å². The van der Waals surface area contributed by atoms with E-state index in [1.807, 2.05) is 24.1 Å². The fourth-order valence-electron chi connectivity index (χ4n) is 3.08. The van der Waals surface area contributed by atoms with E-state index in [0.717, 1.165) is 29.2 Å². The van der Waals surface area contributed by atoms with Gasteiger partial charge in [-0.15, -0.1) is 11.8 Å². The van der Waals surface area contributed by atoms with Crippen LogP contribution in [0, 0.1) is 0 Å². The van der Waals surface area contributed by atoms with Crippen molar-refractivity contribution in [3.8, 4) is 0 Å². The van der Waals surface area contributed by atoms with Crippen molar-refractivity contribution in [3.63, 3.8) is 0 Å². The third-order valence-corrected chi connectivity index (χ3v) is 5.37. The quantitative estimate of drug-likeness (QED) is 0.753. The number of nitrogens with one attached hydrogen (secondary N) is 1. The summed E-state index contributed by atoms with van der Waals surface area (Å²) >= 11 is 1.62. The highest BCUT2D eigenvalue weighted by Gasteiger charge is 2.22. The summed E-state index contributed by atoms with van der Waals surface area (Å²) in [6.45, 7) is 1.40. The molecule has 1 aromatic carbocycles. The zero-order chi connectivity index (χ0) is 15.8. The van der Waals surface area contributed by atoms with Gasteiger partial charge in [0.25, 0.3) is 0 Å². The molecular formula is C17H18N4OS. The Kier molecular flexibility index (Phi) is 3.61. The second-order valence-electron chi connectivity index (χ2n) is 5.80. The first-order valence-corrected chi connectivity index (χ1v) is 8.66. The van der Waals surface area contributed by atoms with Gasteiger partial charge in [0.2, 0.25) is 5.91 Å². The van der Waals surface area contributed by atoms with Crippen molar-refractivity contribution >= 4 is 28.6 Å². The number of carbonyl (C=O) groups is 1. The summed E-state index contributed by atoms with van der Waals surface area (Å²) in [6.07, 6.45) is 4.65. The SMILES string of the molecule is Cn1cc(SCC(=O)N2CCc3nc[nH]c3C2)c2ccccc21. The summed E-state index contributed by atoms with van der Waals surface area (Å²) in [5.41, 5.74) is 3.36. The van der Waals surface area contributed by atoms with Gasteiger partial charge in [-0.05, 0) is 6.07 Å². The normalized spacial score (nSPS) is 14.2. The number of carbonyl (C=O) groups excluding carboxylic acids is 1. The van der Waals surface area contributed by atoms with Crippen LogP contribution in [0.25, 0.3) is 10.9 Å². The first-order chi connectivity index (χ1) is 11.2. The molecule has 118 valence electrons. The average Bonchev–Trinajstić information content (AvgIpc) is 3.17. The van der Waals surface area contributed by atoms with E-state index >= 15 is 0 Å². The fourth-order valence-corrected chi connectivity index (χ4v) is 4.10. The number of benzene rings is 1. The van der Waals surface area contributed by atoms with Crippen LogP contribution < -0.4 is 0 Å². The lowest BCUT2D eigenvalue weighted by Gasteiger charge is -2.26. The van der Waals surface area contributed by atoms with Crippen LogP contribution in [0.4, 0.5) is 0 Å². The number of fused-ring (bicyclic) bond motifs is 2. The molecule has 23 heavy (non-hydrogen) atoms. The molecule has 0 fully saturated rings. The number of rotatable bonds is 3. The molecule has 1 N–H and O–H groups in total. The number of H-pyrrole nitrogens is 1. The van der Waals surface area contributed by atoms with E-state index in [4.69, 9.17) is 0 Å². The smallest absolute Gasteiger partial charge is 0.233 e. The lowest BCUT2D eigenvalue weighted by Crippen LogP contribution is -2.37.